The van der Waals surface area contributed by atoms with Gasteiger partial charge >= 0.3 is 0 Å². The third-order valence-corrected chi connectivity index (χ3v) is 2.59. The van der Waals surface area contributed by atoms with Gasteiger partial charge in [0.1, 0.15) is 6.07 Å². The molecule has 0 aliphatic rings. The highest BCUT2D eigenvalue weighted by Gasteiger charge is 2.04. The fraction of sp³-hybridized carbons (Fsp3) is 0.267. The molecular formula is C15H16N4O. The van der Waals surface area contributed by atoms with E-state index < -0.39 is 0 Å². The number of nitriles is 1. The average Bonchev–Trinajstić information content (AvgIpc) is 2.34. The molecule has 2 aromatic rings. The van der Waals surface area contributed by atoms with Gasteiger partial charge in [-0.2, -0.15) is 10.2 Å². The number of hydrogen-bond donors (Lipinski definition) is 1. The predicted molar refractivity (Wildman–Crippen MR) is 77.1 cm³/mol. The summed E-state index contributed by atoms with van der Waals surface area (Å²) < 4.78 is 5.21. The van der Waals surface area contributed by atoms with Crippen LogP contribution in [0.2, 0.25) is 0 Å². The molecule has 0 amide bonds. The standard InChI is InChI=1S/C15H16N4O/c1-10-6-11(2)8-13(7-10)18-15-17-12(3)9-14(19-15)20-5-4-16/h6-9H,5H2,1-3H3,(H,17,18,19). The lowest BCUT2D eigenvalue weighted by molar-refractivity contribution is 0.353. The minimum Gasteiger partial charge on any atom is -0.462 e. The number of aromatic nitrogens is 2. The molecule has 0 spiro atoms. The monoisotopic (exact) mass is 268 g/mol. The molecule has 5 nitrogen and oxygen atoms in total. The number of anilines is 2. The molecule has 1 aromatic heterocycles. The number of ether oxygens (including phenoxy) is 1. The van der Waals surface area contributed by atoms with Gasteiger partial charge in [-0.25, -0.2) is 4.98 Å². The smallest absolute Gasteiger partial charge is 0.230 e. The molecular weight excluding hydrogens is 252 g/mol. The summed E-state index contributed by atoms with van der Waals surface area (Å²) in [5.74, 6) is 0.855. The molecule has 0 saturated heterocycles. The van der Waals surface area contributed by atoms with Crippen LogP contribution in [0, 0.1) is 32.1 Å². The molecule has 0 bridgehead atoms. The van der Waals surface area contributed by atoms with Crippen LogP contribution in [0.15, 0.2) is 24.3 Å². The summed E-state index contributed by atoms with van der Waals surface area (Å²) >= 11 is 0. The number of nitrogens with zero attached hydrogens (tertiary/aromatic N) is 3. The lowest BCUT2D eigenvalue weighted by atomic mass is 10.1. The molecule has 1 aromatic carbocycles. The van der Waals surface area contributed by atoms with Gasteiger partial charge in [0.15, 0.2) is 6.61 Å². The van der Waals surface area contributed by atoms with Gasteiger partial charge in [-0.05, 0) is 44.0 Å². The van der Waals surface area contributed by atoms with Crippen molar-refractivity contribution in [2.75, 3.05) is 11.9 Å². The fourth-order valence-electron chi connectivity index (χ4n) is 1.95. The van der Waals surface area contributed by atoms with Crippen molar-refractivity contribution < 1.29 is 4.74 Å². The number of aryl methyl sites for hydroxylation is 3. The van der Waals surface area contributed by atoms with E-state index in [4.69, 9.17) is 10.00 Å². The normalized spacial score (nSPS) is 9.90. The molecule has 0 atom stereocenters. The van der Waals surface area contributed by atoms with Gasteiger partial charge in [0.2, 0.25) is 11.8 Å². The second kappa shape index (κ2) is 6.02. The van der Waals surface area contributed by atoms with Gasteiger partial charge in [-0.3, -0.25) is 0 Å². The number of benzene rings is 1. The van der Waals surface area contributed by atoms with Crippen molar-refractivity contribution in [1.82, 2.24) is 9.97 Å². The summed E-state index contributed by atoms with van der Waals surface area (Å²) in [4.78, 5) is 8.54. The SMILES string of the molecule is Cc1cc(C)cc(Nc2nc(C)cc(OCC#N)n2)c1. The zero-order valence-electron chi connectivity index (χ0n) is 11.8. The van der Waals surface area contributed by atoms with Crippen LogP contribution in [0.5, 0.6) is 5.88 Å². The fourth-order valence-corrected chi connectivity index (χ4v) is 1.95. The lowest BCUT2D eigenvalue weighted by Crippen LogP contribution is -2.03. The Bertz CT molecular complexity index is 641. The average molecular weight is 268 g/mol. The third kappa shape index (κ3) is 3.69. The Kier molecular flexibility index (Phi) is 4.16. The van der Waals surface area contributed by atoms with E-state index in [-0.39, 0.29) is 6.61 Å². The second-order valence-corrected chi connectivity index (χ2v) is 4.62. The van der Waals surface area contributed by atoms with Crippen LogP contribution >= 0.6 is 0 Å². The van der Waals surface area contributed by atoms with E-state index in [1.54, 1.807) is 6.07 Å². The molecule has 0 radical (unpaired) electrons. The van der Waals surface area contributed by atoms with Crippen molar-refractivity contribution in [3.05, 3.63) is 41.1 Å². The van der Waals surface area contributed by atoms with E-state index >= 15 is 0 Å². The number of nitrogens with one attached hydrogen (secondary N) is 1. The van der Waals surface area contributed by atoms with E-state index in [2.05, 4.69) is 21.4 Å². The maximum Gasteiger partial charge on any atom is 0.230 e. The van der Waals surface area contributed by atoms with E-state index in [1.807, 2.05) is 39.0 Å². The van der Waals surface area contributed by atoms with E-state index in [9.17, 15) is 0 Å². The summed E-state index contributed by atoms with van der Waals surface area (Å²) in [6, 6.07) is 9.76. The molecule has 0 saturated carbocycles. The predicted octanol–water partition coefficient (Wildman–Crippen LogP) is 3.05. The second-order valence-electron chi connectivity index (χ2n) is 4.62. The molecule has 2 rings (SSSR count). The maximum atomic E-state index is 8.53. The first-order valence-corrected chi connectivity index (χ1v) is 6.27. The first-order chi connectivity index (χ1) is 9.56. The van der Waals surface area contributed by atoms with E-state index in [0.29, 0.717) is 11.8 Å². The Morgan fingerprint density at radius 1 is 1.10 bits per heavy atom. The van der Waals surface area contributed by atoms with E-state index in [0.717, 1.165) is 11.4 Å². The first kappa shape index (κ1) is 13.8. The molecule has 1 N–H and O–H groups in total. The Morgan fingerprint density at radius 3 is 2.45 bits per heavy atom. The highest BCUT2D eigenvalue weighted by atomic mass is 16.5. The largest absolute Gasteiger partial charge is 0.462 e. The van der Waals surface area contributed by atoms with Crippen LogP contribution in [-0.4, -0.2) is 16.6 Å². The van der Waals surface area contributed by atoms with Crippen molar-refractivity contribution in [2.45, 2.75) is 20.8 Å². The first-order valence-electron chi connectivity index (χ1n) is 6.27. The van der Waals surface area contributed by atoms with Crippen molar-refractivity contribution in [2.24, 2.45) is 0 Å². The van der Waals surface area contributed by atoms with Crippen LogP contribution in [0.3, 0.4) is 0 Å². The third-order valence-electron chi connectivity index (χ3n) is 2.59. The van der Waals surface area contributed by atoms with Crippen molar-refractivity contribution >= 4 is 11.6 Å². The minimum absolute atomic E-state index is 0.0283. The quantitative estimate of drug-likeness (QED) is 0.922. The van der Waals surface area contributed by atoms with Gasteiger partial charge in [0.25, 0.3) is 0 Å². The van der Waals surface area contributed by atoms with Gasteiger partial charge in [0, 0.05) is 17.4 Å². The van der Waals surface area contributed by atoms with E-state index in [1.165, 1.54) is 11.1 Å². The van der Waals surface area contributed by atoms with Crippen molar-refractivity contribution in [3.63, 3.8) is 0 Å². The number of hydrogen-bond acceptors (Lipinski definition) is 5. The highest BCUT2D eigenvalue weighted by Crippen LogP contribution is 2.19. The Labute approximate surface area is 118 Å². The summed E-state index contributed by atoms with van der Waals surface area (Å²) in [6.07, 6.45) is 0. The van der Waals surface area contributed by atoms with Gasteiger partial charge in [0.05, 0.1) is 0 Å². The molecule has 0 fully saturated rings. The van der Waals surface area contributed by atoms with Gasteiger partial charge in [-0.15, -0.1) is 0 Å². The maximum absolute atomic E-state index is 8.53. The van der Waals surface area contributed by atoms with Crippen LogP contribution in [0.1, 0.15) is 16.8 Å². The summed E-state index contributed by atoms with van der Waals surface area (Å²) in [7, 11) is 0. The van der Waals surface area contributed by atoms with Crippen molar-refractivity contribution in [3.8, 4) is 11.9 Å². The molecule has 5 heteroatoms. The summed E-state index contributed by atoms with van der Waals surface area (Å²) in [6.45, 7) is 5.90. The molecule has 0 aliphatic heterocycles. The van der Waals surface area contributed by atoms with Crippen LogP contribution in [0.25, 0.3) is 0 Å². The highest BCUT2D eigenvalue weighted by molar-refractivity contribution is 5.56. The Balaban J connectivity index is 2.24. The summed E-state index contributed by atoms with van der Waals surface area (Å²) in [5, 5.41) is 11.7. The Morgan fingerprint density at radius 2 is 1.80 bits per heavy atom. The molecule has 1 heterocycles. The zero-order valence-corrected chi connectivity index (χ0v) is 11.8. The molecule has 0 aliphatic carbocycles. The Hall–Kier alpha value is -2.61. The van der Waals surface area contributed by atoms with Crippen LogP contribution in [-0.2, 0) is 0 Å². The van der Waals surface area contributed by atoms with Crippen LogP contribution < -0.4 is 10.1 Å². The molecule has 102 valence electrons. The topological polar surface area (TPSA) is 70.8 Å². The molecule has 20 heavy (non-hydrogen) atoms. The lowest BCUT2D eigenvalue weighted by Gasteiger charge is -2.09. The van der Waals surface area contributed by atoms with Crippen LogP contribution in [0.4, 0.5) is 11.6 Å². The molecule has 0 unspecified atom stereocenters. The summed E-state index contributed by atoms with van der Waals surface area (Å²) in [5.41, 5.74) is 4.04. The van der Waals surface area contributed by atoms with Crippen molar-refractivity contribution in [1.29, 1.82) is 5.26 Å². The zero-order chi connectivity index (χ0) is 14.5. The number of rotatable bonds is 4. The minimum atomic E-state index is -0.0283. The van der Waals surface area contributed by atoms with Gasteiger partial charge in [-0.1, -0.05) is 6.07 Å². The van der Waals surface area contributed by atoms with Gasteiger partial charge < -0.3 is 10.1 Å².